The Hall–Kier alpha value is -1.49. The van der Waals surface area contributed by atoms with E-state index in [2.05, 4.69) is 0 Å². The van der Waals surface area contributed by atoms with Crippen LogP contribution in [0.15, 0.2) is 24.3 Å². The molecule has 0 saturated heterocycles. The van der Waals surface area contributed by atoms with Gasteiger partial charge in [0.2, 0.25) is 0 Å². The van der Waals surface area contributed by atoms with Gasteiger partial charge in [0.25, 0.3) is 0 Å². The molecule has 1 unspecified atom stereocenters. The molecule has 1 aromatic carbocycles. The average molecular weight is 412 g/mol. The van der Waals surface area contributed by atoms with Gasteiger partial charge in [-0.2, -0.15) is 26.3 Å². The number of rotatable bonds is 6. The Morgan fingerprint density at radius 1 is 1.12 bits per heavy atom. The van der Waals surface area contributed by atoms with Crippen LogP contribution in [0.3, 0.4) is 0 Å². The van der Waals surface area contributed by atoms with Crippen molar-refractivity contribution in [3.63, 3.8) is 0 Å². The number of hydrogen-bond acceptors (Lipinski definition) is 4. The third kappa shape index (κ3) is 5.50. The van der Waals surface area contributed by atoms with E-state index in [-0.39, 0.29) is 0 Å². The minimum atomic E-state index is -5.10. The number of carbonyl (C=O) groups excluding carboxylic acids is 1. The number of halogens is 7. The van der Waals surface area contributed by atoms with E-state index < -0.39 is 62.1 Å². The Bertz CT molecular complexity index is 744. The second kappa shape index (κ2) is 7.02. The third-order valence-electron chi connectivity index (χ3n) is 3.14. The number of carbonyl (C=O) groups is 1. The highest BCUT2D eigenvalue weighted by Gasteiger charge is 2.45. The second-order valence-electron chi connectivity index (χ2n) is 5.07. The maximum absolute atomic E-state index is 12.6. The van der Waals surface area contributed by atoms with Crippen LogP contribution in [0.1, 0.15) is 17.5 Å². The quantitative estimate of drug-likeness (QED) is 0.532. The molecule has 0 heterocycles. The first-order chi connectivity index (χ1) is 11.1. The van der Waals surface area contributed by atoms with E-state index in [0.717, 1.165) is 12.1 Å². The lowest BCUT2D eigenvalue weighted by molar-refractivity contribution is -0.306. The van der Waals surface area contributed by atoms with Crippen molar-refractivity contribution in [2.24, 2.45) is 0 Å². The fourth-order valence-corrected chi connectivity index (χ4v) is 3.69. The highest BCUT2D eigenvalue weighted by atomic mass is 35.5. The van der Waals surface area contributed by atoms with Crippen molar-refractivity contribution in [1.82, 2.24) is 0 Å². The number of sulfone groups is 1. The number of hydrogen-bond donors (Lipinski definition) is 0. The van der Waals surface area contributed by atoms with Crippen LogP contribution < -0.4 is 5.11 Å². The van der Waals surface area contributed by atoms with Crippen molar-refractivity contribution in [3.05, 3.63) is 35.4 Å². The lowest BCUT2D eigenvalue weighted by atomic mass is 10.1. The van der Waals surface area contributed by atoms with Crippen molar-refractivity contribution in [2.45, 2.75) is 29.4 Å². The van der Waals surface area contributed by atoms with E-state index in [0.29, 0.717) is 12.1 Å². The summed E-state index contributed by atoms with van der Waals surface area (Å²) in [6, 6.07) is 2.96. The van der Waals surface area contributed by atoms with Gasteiger partial charge in [0, 0.05) is 6.42 Å². The largest absolute Gasteiger partial charge is 0.547 e. The molecule has 0 saturated carbocycles. The van der Waals surface area contributed by atoms with Crippen LogP contribution in [0.25, 0.3) is 0 Å². The molecule has 0 fully saturated rings. The summed E-state index contributed by atoms with van der Waals surface area (Å²) in [5.41, 5.74) is -1.64. The first-order valence-electron chi connectivity index (χ1n) is 6.44. The van der Waals surface area contributed by atoms with Crippen molar-refractivity contribution in [2.75, 3.05) is 5.75 Å². The van der Waals surface area contributed by atoms with Crippen LogP contribution in [0.4, 0.5) is 26.3 Å². The van der Waals surface area contributed by atoms with Gasteiger partial charge in [-0.1, -0.05) is 29.8 Å². The first kappa shape index (κ1) is 21.6. The molecule has 0 N–H and O–H groups in total. The van der Waals surface area contributed by atoms with E-state index in [9.17, 15) is 44.7 Å². The SMILES string of the molecule is O=C([O-])C(Cl)(Cc1cccc(C(F)(F)F)c1)S(=O)(=O)CCC(F)(F)F. The van der Waals surface area contributed by atoms with Gasteiger partial charge in [-0.25, -0.2) is 8.42 Å². The average Bonchev–Trinajstić information content (AvgIpc) is 2.43. The number of benzene rings is 1. The summed E-state index contributed by atoms with van der Waals surface area (Å²) in [5, 5.41) is 11.2. The summed E-state index contributed by atoms with van der Waals surface area (Å²) >= 11 is 5.50. The molecular weight excluding hydrogens is 402 g/mol. The van der Waals surface area contributed by atoms with Gasteiger partial charge in [0.05, 0.1) is 23.7 Å². The molecule has 0 aliphatic heterocycles. The van der Waals surface area contributed by atoms with Crippen LogP contribution in [0.5, 0.6) is 0 Å². The Balaban J connectivity index is 3.21. The molecule has 0 aliphatic rings. The fraction of sp³-hybridized carbons (Fsp3) is 0.462. The molecule has 1 aromatic rings. The maximum atomic E-state index is 12.6. The van der Waals surface area contributed by atoms with E-state index in [1.807, 2.05) is 0 Å². The number of carboxylic acid groups (broad SMARTS) is 1. The molecular formula is C13H10ClF6O4S-. The van der Waals surface area contributed by atoms with Gasteiger partial charge >= 0.3 is 12.4 Å². The minimum Gasteiger partial charge on any atom is -0.547 e. The van der Waals surface area contributed by atoms with Crippen LogP contribution in [-0.4, -0.2) is 30.5 Å². The second-order valence-corrected chi connectivity index (χ2v) is 8.28. The first-order valence-corrected chi connectivity index (χ1v) is 8.47. The van der Waals surface area contributed by atoms with Gasteiger partial charge in [0.1, 0.15) is 0 Å². The highest BCUT2D eigenvalue weighted by Crippen LogP contribution is 2.34. The summed E-state index contributed by atoms with van der Waals surface area (Å²) in [6.07, 6.45) is -12.7. The summed E-state index contributed by atoms with van der Waals surface area (Å²) in [7, 11) is -5.10. The molecule has 1 atom stereocenters. The lowest BCUT2D eigenvalue weighted by Gasteiger charge is -2.28. The van der Waals surface area contributed by atoms with E-state index >= 15 is 0 Å². The van der Waals surface area contributed by atoms with E-state index in [4.69, 9.17) is 11.6 Å². The zero-order chi connectivity index (χ0) is 19.7. The van der Waals surface area contributed by atoms with E-state index in [1.165, 1.54) is 0 Å². The summed E-state index contributed by atoms with van der Waals surface area (Å²) < 4.78 is 95.1. The molecule has 1 rings (SSSR count). The van der Waals surface area contributed by atoms with Crippen molar-refractivity contribution >= 4 is 27.4 Å². The predicted molar refractivity (Wildman–Crippen MR) is 73.2 cm³/mol. The smallest absolute Gasteiger partial charge is 0.416 e. The number of carboxylic acids is 1. The normalized spacial score (nSPS) is 15.6. The summed E-state index contributed by atoms with van der Waals surface area (Å²) in [6.45, 7) is 0. The van der Waals surface area contributed by atoms with Crippen molar-refractivity contribution < 1.29 is 44.7 Å². The van der Waals surface area contributed by atoms with Gasteiger partial charge in [-0.3, -0.25) is 0 Å². The molecule has 12 heteroatoms. The predicted octanol–water partition coefficient (Wildman–Crippen LogP) is 2.30. The zero-order valence-electron chi connectivity index (χ0n) is 12.1. The molecule has 0 radical (unpaired) electrons. The highest BCUT2D eigenvalue weighted by molar-refractivity contribution is 7.95. The number of alkyl halides is 7. The van der Waals surface area contributed by atoms with Gasteiger partial charge in [-0.15, -0.1) is 0 Å². The minimum absolute atomic E-state index is 0.440. The summed E-state index contributed by atoms with van der Waals surface area (Å²) in [4.78, 5) is 11.2. The molecule has 0 spiro atoms. The van der Waals surface area contributed by atoms with Crippen LogP contribution >= 0.6 is 11.6 Å². The maximum Gasteiger partial charge on any atom is 0.416 e. The zero-order valence-corrected chi connectivity index (χ0v) is 13.7. The molecule has 142 valence electrons. The van der Waals surface area contributed by atoms with Crippen LogP contribution in [-0.2, 0) is 27.2 Å². The standard InChI is InChI=1S/C13H11ClF6O4S/c14-11(10(21)22,25(23,24)5-4-12(15,16)17)7-8-2-1-3-9(6-8)13(18,19)20/h1-3,6H,4-5,7H2,(H,21,22)/p-1. The Labute approximate surface area is 143 Å². The molecule has 25 heavy (non-hydrogen) atoms. The van der Waals surface area contributed by atoms with E-state index in [1.54, 1.807) is 0 Å². The van der Waals surface area contributed by atoms with Crippen LogP contribution in [0, 0.1) is 0 Å². The molecule has 4 nitrogen and oxygen atoms in total. The van der Waals surface area contributed by atoms with Crippen molar-refractivity contribution in [3.8, 4) is 0 Å². The molecule has 0 amide bonds. The summed E-state index contributed by atoms with van der Waals surface area (Å²) in [5.74, 6) is -4.07. The van der Waals surface area contributed by atoms with Crippen LogP contribution in [0.2, 0.25) is 0 Å². The lowest BCUT2D eigenvalue weighted by Crippen LogP contribution is -2.52. The Kier molecular flexibility index (Phi) is 6.05. The molecule has 0 bridgehead atoms. The van der Waals surface area contributed by atoms with Gasteiger partial charge in [-0.05, 0) is 11.6 Å². The molecule has 0 aliphatic carbocycles. The topological polar surface area (TPSA) is 74.3 Å². The number of aliphatic carboxylic acids is 1. The molecule has 0 aromatic heterocycles. The Morgan fingerprint density at radius 3 is 2.12 bits per heavy atom. The monoisotopic (exact) mass is 411 g/mol. The van der Waals surface area contributed by atoms with Crippen molar-refractivity contribution in [1.29, 1.82) is 0 Å². The third-order valence-corrected chi connectivity index (χ3v) is 6.17. The van der Waals surface area contributed by atoms with Gasteiger partial charge in [0.15, 0.2) is 14.0 Å². The van der Waals surface area contributed by atoms with Gasteiger partial charge < -0.3 is 9.90 Å². The Morgan fingerprint density at radius 2 is 1.68 bits per heavy atom. The fourth-order valence-electron chi connectivity index (χ4n) is 1.84.